The van der Waals surface area contributed by atoms with E-state index in [9.17, 15) is 4.79 Å². The predicted molar refractivity (Wildman–Crippen MR) is 93.8 cm³/mol. The Morgan fingerprint density at radius 2 is 2.04 bits per heavy atom. The summed E-state index contributed by atoms with van der Waals surface area (Å²) in [5.41, 5.74) is 0. The maximum Gasteiger partial charge on any atom is 0.220 e. The van der Waals surface area contributed by atoms with Gasteiger partial charge in [-0.3, -0.25) is 9.69 Å². The Kier molecular flexibility index (Phi) is 6.90. The van der Waals surface area contributed by atoms with Gasteiger partial charge in [0.1, 0.15) is 18.1 Å². The number of nitrogens with one attached hydrogen (secondary N) is 1. The van der Waals surface area contributed by atoms with Gasteiger partial charge in [-0.25, -0.2) is 0 Å². The molecular weight excluding hydrogens is 320 g/mol. The summed E-state index contributed by atoms with van der Waals surface area (Å²) in [5.74, 6) is 2.33. The SMILES string of the molecule is O=C(CCC1CCN(Cc2ccc(CO)o2)CC1)NC[C@@H]1CCCO1. The largest absolute Gasteiger partial charge is 0.462 e. The summed E-state index contributed by atoms with van der Waals surface area (Å²) in [6.07, 6.45) is 6.25. The molecule has 1 atom stereocenters. The summed E-state index contributed by atoms with van der Waals surface area (Å²) in [6.45, 7) is 4.33. The van der Waals surface area contributed by atoms with E-state index in [0.717, 1.165) is 64.1 Å². The average Bonchev–Trinajstić information content (AvgIpc) is 3.31. The average molecular weight is 350 g/mol. The lowest BCUT2D eigenvalue weighted by Gasteiger charge is -2.31. The molecule has 6 heteroatoms. The van der Waals surface area contributed by atoms with Crippen molar-refractivity contribution >= 4 is 5.91 Å². The summed E-state index contributed by atoms with van der Waals surface area (Å²) in [7, 11) is 0. The molecule has 1 aromatic rings. The number of aliphatic hydroxyl groups excluding tert-OH is 1. The molecule has 0 spiro atoms. The molecule has 2 fully saturated rings. The molecule has 2 saturated heterocycles. The van der Waals surface area contributed by atoms with Crippen LogP contribution in [0.5, 0.6) is 0 Å². The number of piperidine rings is 1. The molecule has 0 unspecified atom stereocenters. The third-order valence-corrected chi connectivity index (χ3v) is 5.29. The van der Waals surface area contributed by atoms with Gasteiger partial charge in [-0.1, -0.05) is 0 Å². The second-order valence-electron chi connectivity index (χ2n) is 7.22. The zero-order valence-corrected chi connectivity index (χ0v) is 14.9. The molecule has 25 heavy (non-hydrogen) atoms. The number of carbonyl (C=O) groups is 1. The molecule has 140 valence electrons. The maximum absolute atomic E-state index is 12.0. The molecule has 6 nitrogen and oxygen atoms in total. The number of ether oxygens (including phenoxy) is 1. The molecule has 0 radical (unpaired) electrons. The molecule has 1 aromatic heterocycles. The van der Waals surface area contributed by atoms with Crippen molar-refractivity contribution in [2.45, 2.75) is 57.8 Å². The summed E-state index contributed by atoms with van der Waals surface area (Å²) < 4.78 is 11.1. The number of carbonyl (C=O) groups excluding carboxylic acids is 1. The molecular formula is C19H30N2O4. The van der Waals surface area contributed by atoms with E-state index in [1.807, 2.05) is 12.1 Å². The Morgan fingerprint density at radius 3 is 2.72 bits per heavy atom. The zero-order chi connectivity index (χ0) is 17.5. The lowest BCUT2D eigenvalue weighted by atomic mass is 9.92. The summed E-state index contributed by atoms with van der Waals surface area (Å²) in [4.78, 5) is 14.4. The highest BCUT2D eigenvalue weighted by Gasteiger charge is 2.21. The number of likely N-dealkylation sites (tertiary alicyclic amines) is 1. The van der Waals surface area contributed by atoms with Gasteiger partial charge in [0.2, 0.25) is 5.91 Å². The van der Waals surface area contributed by atoms with Crippen LogP contribution in [0.1, 0.15) is 50.0 Å². The van der Waals surface area contributed by atoms with Gasteiger partial charge in [-0.05, 0) is 63.2 Å². The van der Waals surface area contributed by atoms with Crippen LogP contribution in [0.25, 0.3) is 0 Å². The number of furan rings is 1. The van der Waals surface area contributed by atoms with Crippen LogP contribution < -0.4 is 5.32 Å². The monoisotopic (exact) mass is 350 g/mol. The smallest absolute Gasteiger partial charge is 0.220 e. The van der Waals surface area contributed by atoms with Crippen molar-refractivity contribution in [3.63, 3.8) is 0 Å². The van der Waals surface area contributed by atoms with Gasteiger partial charge >= 0.3 is 0 Å². The normalized spacial score (nSPS) is 22.4. The van der Waals surface area contributed by atoms with Crippen LogP contribution in [0.4, 0.5) is 0 Å². The van der Waals surface area contributed by atoms with Crippen molar-refractivity contribution in [3.05, 3.63) is 23.7 Å². The second kappa shape index (κ2) is 9.36. The van der Waals surface area contributed by atoms with Gasteiger partial charge in [0, 0.05) is 19.6 Å². The van der Waals surface area contributed by atoms with Gasteiger partial charge in [0.15, 0.2) is 0 Å². The highest BCUT2D eigenvalue weighted by Crippen LogP contribution is 2.23. The highest BCUT2D eigenvalue weighted by atomic mass is 16.5. The van der Waals surface area contributed by atoms with Crippen LogP contribution in [-0.2, 0) is 22.7 Å². The first-order valence-corrected chi connectivity index (χ1v) is 9.52. The summed E-state index contributed by atoms with van der Waals surface area (Å²) >= 11 is 0. The molecule has 2 N–H and O–H groups in total. The van der Waals surface area contributed by atoms with E-state index < -0.39 is 0 Å². The van der Waals surface area contributed by atoms with E-state index in [1.165, 1.54) is 0 Å². The number of hydrogen-bond donors (Lipinski definition) is 2. The van der Waals surface area contributed by atoms with E-state index >= 15 is 0 Å². The van der Waals surface area contributed by atoms with Crippen LogP contribution >= 0.6 is 0 Å². The third kappa shape index (κ3) is 5.83. The Bertz CT molecular complexity index is 531. The fourth-order valence-electron chi connectivity index (χ4n) is 3.70. The first-order valence-electron chi connectivity index (χ1n) is 9.52. The van der Waals surface area contributed by atoms with Crippen molar-refractivity contribution in [1.29, 1.82) is 0 Å². The van der Waals surface area contributed by atoms with Crippen molar-refractivity contribution in [2.24, 2.45) is 5.92 Å². The van der Waals surface area contributed by atoms with Gasteiger partial charge in [0.25, 0.3) is 0 Å². The van der Waals surface area contributed by atoms with Crippen LogP contribution in [0.2, 0.25) is 0 Å². The lowest BCUT2D eigenvalue weighted by molar-refractivity contribution is -0.122. The topological polar surface area (TPSA) is 74.9 Å². The minimum atomic E-state index is -0.0446. The number of hydrogen-bond acceptors (Lipinski definition) is 5. The maximum atomic E-state index is 12.0. The quantitative estimate of drug-likeness (QED) is 0.751. The highest BCUT2D eigenvalue weighted by molar-refractivity contribution is 5.75. The van der Waals surface area contributed by atoms with Crippen molar-refractivity contribution in [3.8, 4) is 0 Å². The van der Waals surface area contributed by atoms with E-state index in [-0.39, 0.29) is 18.6 Å². The molecule has 2 aliphatic heterocycles. The molecule has 1 amide bonds. The Hall–Kier alpha value is -1.37. The molecule has 2 aliphatic rings. The van der Waals surface area contributed by atoms with Crippen LogP contribution in [0.3, 0.4) is 0 Å². The lowest BCUT2D eigenvalue weighted by Crippen LogP contribution is -2.34. The number of nitrogens with zero attached hydrogens (tertiary/aromatic N) is 1. The minimum Gasteiger partial charge on any atom is -0.462 e. The Balaban J connectivity index is 1.28. The molecule has 0 bridgehead atoms. The van der Waals surface area contributed by atoms with Gasteiger partial charge in [-0.15, -0.1) is 0 Å². The van der Waals surface area contributed by atoms with Gasteiger partial charge in [0.05, 0.1) is 12.6 Å². The summed E-state index contributed by atoms with van der Waals surface area (Å²) in [6, 6.07) is 3.77. The van der Waals surface area contributed by atoms with E-state index in [0.29, 0.717) is 24.6 Å². The van der Waals surface area contributed by atoms with E-state index in [4.69, 9.17) is 14.3 Å². The first-order chi connectivity index (χ1) is 12.2. The Labute approximate surface area is 149 Å². The minimum absolute atomic E-state index is 0.0446. The van der Waals surface area contributed by atoms with Crippen molar-refractivity contribution in [2.75, 3.05) is 26.2 Å². The van der Waals surface area contributed by atoms with Crippen molar-refractivity contribution in [1.82, 2.24) is 10.2 Å². The standard InChI is InChI=1S/C19H30N2O4/c22-14-18-5-4-17(25-18)13-21-9-7-15(8-10-21)3-6-19(23)20-12-16-2-1-11-24-16/h4-5,15-16,22H,1-3,6-14H2,(H,20,23)/t16-/m0/s1. The molecule has 0 aliphatic carbocycles. The summed E-state index contributed by atoms with van der Waals surface area (Å²) in [5, 5.41) is 12.1. The van der Waals surface area contributed by atoms with E-state index in [2.05, 4.69) is 10.2 Å². The second-order valence-corrected chi connectivity index (χ2v) is 7.22. The van der Waals surface area contributed by atoms with Gasteiger partial charge in [-0.2, -0.15) is 0 Å². The number of rotatable bonds is 8. The fraction of sp³-hybridized carbons (Fsp3) is 0.737. The molecule has 0 saturated carbocycles. The third-order valence-electron chi connectivity index (χ3n) is 5.29. The van der Waals surface area contributed by atoms with Crippen LogP contribution in [-0.4, -0.2) is 48.3 Å². The van der Waals surface area contributed by atoms with Crippen LogP contribution in [0.15, 0.2) is 16.5 Å². The predicted octanol–water partition coefficient (Wildman–Crippen LogP) is 2.06. The van der Waals surface area contributed by atoms with Crippen molar-refractivity contribution < 1.29 is 19.1 Å². The zero-order valence-electron chi connectivity index (χ0n) is 14.9. The first kappa shape index (κ1) is 18.4. The molecule has 3 rings (SSSR count). The fourth-order valence-corrected chi connectivity index (χ4v) is 3.70. The molecule has 0 aromatic carbocycles. The van der Waals surface area contributed by atoms with E-state index in [1.54, 1.807) is 0 Å². The molecule has 3 heterocycles. The van der Waals surface area contributed by atoms with Crippen LogP contribution in [0, 0.1) is 5.92 Å². The number of aliphatic hydroxyl groups is 1. The van der Waals surface area contributed by atoms with Gasteiger partial charge < -0.3 is 19.6 Å². The number of amides is 1. The Morgan fingerprint density at radius 1 is 1.24 bits per heavy atom.